The number of ether oxygens (including phenoxy) is 2. The number of amides is 1. The van der Waals surface area contributed by atoms with Gasteiger partial charge >= 0.3 is 0 Å². The molecule has 98 valence electrons. The molecule has 0 radical (unpaired) electrons. The number of hydrogen-bond acceptors (Lipinski definition) is 3. The summed E-state index contributed by atoms with van der Waals surface area (Å²) in [6.45, 7) is 1.69. The van der Waals surface area contributed by atoms with Gasteiger partial charge in [-0.15, -0.1) is 0 Å². The Balaban J connectivity index is 1.93. The van der Waals surface area contributed by atoms with E-state index in [4.69, 9.17) is 9.47 Å². The van der Waals surface area contributed by atoms with Gasteiger partial charge in [0.1, 0.15) is 5.60 Å². The third-order valence-electron chi connectivity index (χ3n) is 3.18. The average Bonchev–Trinajstić information content (AvgIpc) is 2.86. The molecule has 1 fully saturated rings. The lowest BCUT2D eigenvalue weighted by atomic mass is 10.0. The van der Waals surface area contributed by atoms with Crippen LogP contribution in [0.5, 0.6) is 0 Å². The second-order valence-electron chi connectivity index (χ2n) is 4.38. The van der Waals surface area contributed by atoms with Crippen LogP contribution in [0.1, 0.15) is 16.8 Å². The zero-order chi connectivity index (χ0) is 13.0. The summed E-state index contributed by atoms with van der Waals surface area (Å²) in [7, 11) is 1.65. The molecular weight excluding hydrogens is 298 g/mol. The highest BCUT2D eigenvalue weighted by Crippen LogP contribution is 2.21. The van der Waals surface area contributed by atoms with Gasteiger partial charge in [0.15, 0.2) is 0 Å². The summed E-state index contributed by atoms with van der Waals surface area (Å²) in [5.74, 6) is -0.0918. The fourth-order valence-electron chi connectivity index (χ4n) is 1.91. The number of methoxy groups -OCH3 is 1. The number of halogens is 1. The lowest BCUT2D eigenvalue weighted by molar-refractivity contribution is -0.0148. The maximum atomic E-state index is 11.9. The summed E-state index contributed by atoms with van der Waals surface area (Å²) in [6.07, 6.45) is 0.810. The van der Waals surface area contributed by atoms with Crippen LogP contribution in [0.25, 0.3) is 0 Å². The van der Waals surface area contributed by atoms with Gasteiger partial charge in [-0.25, -0.2) is 0 Å². The minimum atomic E-state index is -0.370. The van der Waals surface area contributed by atoms with Gasteiger partial charge in [-0.3, -0.25) is 4.79 Å². The molecule has 0 saturated carbocycles. The van der Waals surface area contributed by atoms with Gasteiger partial charge in [0, 0.05) is 36.7 Å². The SMILES string of the molecule is COC1(CNC(=O)c2ccc(Br)cc2)CCOC1. The molecule has 1 aliphatic rings. The molecule has 4 nitrogen and oxygen atoms in total. The normalized spacial score (nSPS) is 23.0. The molecule has 1 unspecified atom stereocenters. The molecule has 1 aromatic carbocycles. The van der Waals surface area contributed by atoms with E-state index < -0.39 is 0 Å². The van der Waals surface area contributed by atoms with Crippen molar-refractivity contribution in [3.05, 3.63) is 34.3 Å². The zero-order valence-corrected chi connectivity index (χ0v) is 11.8. The summed E-state index contributed by atoms with van der Waals surface area (Å²) >= 11 is 3.34. The quantitative estimate of drug-likeness (QED) is 0.924. The maximum Gasteiger partial charge on any atom is 0.251 e. The highest BCUT2D eigenvalue weighted by atomic mass is 79.9. The van der Waals surface area contributed by atoms with Crippen LogP contribution >= 0.6 is 15.9 Å². The topological polar surface area (TPSA) is 47.6 Å². The molecule has 1 N–H and O–H groups in total. The first kappa shape index (κ1) is 13.5. The minimum Gasteiger partial charge on any atom is -0.378 e. The fraction of sp³-hybridized carbons (Fsp3) is 0.462. The molecular formula is C13H16BrNO3. The Morgan fingerprint density at radius 2 is 2.22 bits per heavy atom. The first-order chi connectivity index (χ1) is 8.65. The van der Waals surface area contributed by atoms with E-state index in [2.05, 4.69) is 21.2 Å². The Morgan fingerprint density at radius 1 is 1.50 bits per heavy atom. The largest absolute Gasteiger partial charge is 0.378 e. The third kappa shape index (κ3) is 3.10. The molecule has 0 spiro atoms. The fourth-order valence-corrected chi connectivity index (χ4v) is 2.17. The van der Waals surface area contributed by atoms with Crippen LogP contribution in [0.15, 0.2) is 28.7 Å². The predicted octanol–water partition coefficient (Wildman–Crippen LogP) is 1.98. The number of carbonyl (C=O) groups excluding carboxylic acids is 1. The van der Waals surface area contributed by atoms with Crippen LogP contribution in [-0.2, 0) is 9.47 Å². The molecule has 1 amide bonds. The number of hydrogen-bond donors (Lipinski definition) is 1. The summed E-state index contributed by atoms with van der Waals surface area (Å²) in [6, 6.07) is 7.26. The first-order valence-electron chi connectivity index (χ1n) is 5.82. The van der Waals surface area contributed by atoms with E-state index in [1.165, 1.54) is 0 Å². The standard InChI is InChI=1S/C13H16BrNO3/c1-17-13(6-7-18-9-13)8-15-12(16)10-2-4-11(14)5-3-10/h2-5H,6-9H2,1H3,(H,15,16). The molecule has 1 aliphatic heterocycles. The van der Waals surface area contributed by atoms with Gasteiger partial charge in [0.05, 0.1) is 6.61 Å². The van der Waals surface area contributed by atoms with Crippen LogP contribution in [0, 0.1) is 0 Å². The van der Waals surface area contributed by atoms with E-state index >= 15 is 0 Å². The molecule has 1 atom stereocenters. The van der Waals surface area contributed by atoms with Crippen molar-refractivity contribution < 1.29 is 14.3 Å². The highest BCUT2D eigenvalue weighted by molar-refractivity contribution is 9.10. The van der Waals surface area contributed by atoms with Crippen LogP contribution in [0.3, 0.4) is 0 Å². The monoisotopic (exact) mass is 313 g/mol. The summed E-state index contributed by atoms with van der Waals surface area (Å²) < 4.78 is 11.7. The second kappa shape index (κ2) is 5.82. The molecule has 0 aliphatic carbocycles. The van der Waals surface area contributed by atoms with Crippen molar-refractivity contribution in [2.75, 3.05) is 26.9 Å². The van der Waals surface area contributed by atoms with Gasteiger partial charge < -0.3 is 14.8 Å². The van der Waals surface area contributed by atoms with Crippen molar-refractivity contribution in [1.82, 2.24) is 5.32 Å². The van der Waals surface area contributed by atoms with Crippen LogP contribution in [-0.4, -0.2) is 38.4 Å². The molecule has 0 bridgehead atoms. The van der Waals surface area contributed by atoms with Gasteiger partial charge in [0.2, 0.25) is 0 Å². The van der Waals surface area contributed by atoms with E-state index in [0.29, 0.717) is 25.3 Å². The van der Waals surface area contributed by atoms with E-state index in [1.54, 1.807) is 19.2 Å². The van der Waals surface area contributed by atoms with Crippen LogP contribution in [0.4, 0.5) is 0 Å². The molecule has 1 aromatic rings. The van der Waals surface area contributed by atoms with E-state index in [1.807, 2.05) is 12.1 Å². The van der Waals surface area contributed by atoms with Crippen molar-refractivity contribution in [3.8, 4) is 0 Å². The Labute approximate surface area is 115 Å². The van der Waals surface area contributed by atoms with Crippen molar-refractivity contribution >= 4 is 21.8 Å². The van der Waals surface area contributed by atoms with Gasteiger partial charge in [-0.2, -0.15) is 0 Å². The van der Waals surface area contributed by atoms with Gasteiger partial charge in [-0.05, 0) is 24.3 Å². The molecule has 0 aromatic heterocycles. The Morgan fingerprint density at radius 3 is 2.78 bits per heavy atom. The number of carbonyl (C=O) groups is 1. The first-order valence-corrected chi connectivity index (χ1v) is 6.61. The average molecular weight is 314 g/mol. The molecule has 1 heterocycles. The van der Waals surface area contributed by atoms with Crippen LogP contribution < -0.4 is 5.32 Å². The number of benzene rings is 1. The van der Waals surface area contributed by atoms with Crippen molar-refractivity contribution in [1.29, 1.82) is 0 Å². The van der Waals surface area contributed by atoms with Crippen molar-refractivity contribution in [2.45, 2.75) is 12.0 Å². The van der Waals surface area contributed by atoms with Crippen LogP contribution in [0.2, 0.25) is 0 Å². The third-order valence-corrected chi connectivity index (χ3v) is 3.71. The summed E-state index contributed by atoms with van der Waals surface area (Å²) in [5, 5.41) is 2.89. The van der Waals surface area contributed by atoms with E-state index in [9.17, 15) is 4.79 Å². The minimum absolute atomic E-state index is 0.0918. The highest BCUT2D eigenvalue weighted by Gasteiger charge is 2.35. The smallest absolute Gasteiger partial charge is 0.251 e. The Kier molecular flexibility index (Phi) is 4.37. The zero-order valence-electron chi connectivity index (χ0n) is 10.2. The Hall–Kier alpha value is -0.910. The summed E-state index contributed by atoms with van der Waals surface area (Å²) in [4.78, 5) is 11.9. The molecule has 5 heteroatoms. The van der Waals surface area contributed by atoms with Gasteiger partial charge in [-0.1, -0.05) is 15.9 Å². The predicted molar refractivity (Wildman–Crippen MR) is 71.7 cm³/mol. The second-order valence-corrected chi connectivity index (χ2v) is 5.29. The molecule has 2 rings (SSSR count). The Bertz CT molecular complexity index is 413. The lowest BCUT2D eigenvalue weighted by Gasteiger charge is -2.25. The van der Waals surface area contributed by atoms with Crippen molar-refractivity contribution in [3.63, 3.8) is 0 Å². The van der Waals surface area contributed by atoms with Gasteiger partial charge in [0.25, 0.3) is 5.91 Å². The summed E-state index contributed by atoms with van der Waals surface area (Å²) in [5.41, 5.74) is 0.272. The molecule has 1 saturated heterocycles. The van der Waals surface area contributed by atoms with E-state index in [-0.39, 0.29) is 11.5 Å². The molecule has 18 heavy (non-hydrogen) atoms. The number of rotatable bonds is 4. The maximum absolute atomic E-state index is 11.9. The lowest BCUT2D eigenvalue weighted by Crippen LogP contribution is -2.45. The number of nitrogens with one attached hydrogen (secondary N) is 1. The van der Waals surface area contributed by atoms with E-state index in [0.717, 1.165) is 10.9 Å². The van der Waals surface area contributed by atoms with Crippen molar-refractivity contribution in [2.24, 2.45) is 0 Å².